The first kappa shape index (κ1) is 11.6. The SMILES string of the molecule is C.C=S1CCC(=O)C(C)=C1CO. The van der Waals surface area contributed by atoms with Crippen LogP contribution in [0.1, 0.15) is 20.8 Å². The van der Waals surface area contributed by atoms with Crippen molar-refractivity contribution in [2.45, 2.75) is 20.8 Å². The van der Waals surface area contributed by atoms with Gasteiger partial charge in [0.1, 0.15) is 0 Å². The second kappa shape index (κ2) is 4.58. The molecule has 1 aliphatic heterocycles. The Hall–Kier alpha value is -0.410. The van der Waals surface area contributed by atoms with Gasteiger partial charge in [-0.2, -0.15) is 10.5 Å². The van der Waals surface area contributed by atoms with Gasteiger partial charge in [0, 0.05) is 16.9 Å². The lowest BCUT2D eigenvalue weighted by molar-refractivity contribution is -0.115. The lowest BCUT2D eigenvalue weighted by Gasteiger charge is -2.18. The van der Waals surface area contributed by atoms with E-state index in [0.29, 0.717) is 6.42 Å². The summed E-state index contributed by atoms with van der Waals surface area (Å²) < 4.78 is 0. The summed E-state index contributed by atoms with van der Waals surface area (Å²) in [6.07, 6.45) is 0.599. The molecule has 2 nitrogen and oxygen atoms in total. The van der Waals surface area contributed by atoms with Gasteiger partial charge < -0.3 is 5.11 Å². The van der Waals surface area contributed by atoms with Crippen LogP contribution in [0, 0.1) is 0 Å². The molecule has 1 rings (SSSR count). The zero-order valence-corrected chi connectivity index (χ0v) is 7.41. The molecule has 0 aromatic rings. The largest absolute Gasteiger partial charge is 0.391 e. The van der Waals surface area contributed by atoms with Gasteiger partial charge in [-0.25, -0.2) is 0 Å². The van der Waals surface area contributed by atoms with Crippen LogP contribution >= 0.6 is 10.5 Å². The molecule has 12 heavy (non-hydrogen) atoms. The minimum atomic E-state index is -0.120. The smallest absolute Gasteiger partial charge is 0.160 e. The highest BCUT2D eigenvalue weighted by atomic mass is 32.2. The van der Waals surface area contributed by atoms with E-state index in [1.165, 1.54) is 0 Å². The van der Waals surface area contributed by atoms with Crippen molar-refractivity contribution >= 4 is 22.1 Å². The van der Waals surface area contributed by atoms with Gasteiger partial charge in [-0.05, 0) is 12.7 Å². The van der Waals surface area contributed by atoms with Gasteiger partial charge in [0.15, 0.2) is 5.78 Å². The monoisotopic (exact) mass is 188 g/mol. The quantitative estimate of drug-likeness (QED) is 0.634. The van der Waals surface area contributed by atoms with E-state index in [4.69, 9.17) is 5.11 Å². The van der Waals surface area contributed by atoms with E-state index in [9.17, 15) is 4.79 Å². The van der Waals surface area contributed by atoms with Gasteiger partial charge >= 0.3 is 0 Å². The van der Waals surface area contributed by atoms with Gasteiger partial charge in [-0.3, -0.25) is 4.79 Å². The van der Waals surface area contributed by atoms with Crippen LogP contribution in [0.5, 0.6) is 0 Å². The lowest BCUT2D eigenvalue weighted by Crippen LogP contribution is -2.12. The van der Waals surface area contributed by atoms with Crippen LogP contribution < -0.4 is 0 Å². The number of aliphatic hydroxyl groups is 1. The molecule has 0 saturated heterocycles. The third-order valence-corrected chi connectivity index (χ3v) is 3.73. The molecule has 0 fully saturated rings. The van der Waals surface area contributed by atoms with E-state index in [2.05, 4.69) is 5.87 Å². The molecule has 1 atom stereocenters. The first-order chi connectivity index (χ1) is 5.16. The third-order valence-electron chi connectivity index (χ3n) is 1.90. The molecule has 1 aliphatic rings. The molecule has 70 valence electrons. The number of hydrogen-bond acceptors (Lipinski definition) is 2. The average Bonchev–Trinajstić information content (AvgIpc) is 1.99. The molecule has 1 unspecified atom stereocenters. The Morgan fingerprint density at radius 1 is 1.67 bits per heavy atom. The summed E-state index contributed by atoms with van der Waals surface area (Å²) in [5, 5.41) is 8.91. The number of ketones is 1. The van der Waals surface area contributed by atoms with Gasteiger partial charge in [0.25, 0.3) is 0 Å². The van der Waals surface area contributed by atoms with Crippen molar-refractivity contribution in [2.24, 2.45) is 0 Å². The van der Waals surface area contributed by atoms with Crippen LogP contribution in [0.15, 0.2) is 10.5 Å². The maximum atomic E-state index is 11.1. The number of carbonyl (C=O) groups is 1. The molecular weight excluding hydrogens is 172 g/mol. The molecule has 0 amide bonds. The van der Waals surface area contributed by atoms with Crippen molar-refractivity contribution < 1.29 is 9.90 Å². The van der Waals surface area contributed by atoms with Gasteiger partial charge in [-0.15, -0.1) is 0 Å². The highest BCUT2D eigenvalue weighted by Gasteiger charge is 2.17. The number of rotatable bonds is 1. The predicted molar refractivity (Wildman–Crippen MR) is 55.7 cm³/mol. The van der Waals surface area contributed by atoms with E-state index in [0.717, 1.165) is 16.2 Å². The van der Waals surface area contributed by atoms with Gasteiger partial charge in [0.2, 0.25) is 0 Å². The fourth-order valence-electron chi connectivity index (χ4n) is 1.11. The summed E-state index contributed by atoms with van der Waals surface area (Å²) in [6, 6.07) is 0. The number of carbonyl (C=O) groups excluding carboxylic acids is 1. The Bertz CT molecular complexity index is 241. The van der Waals surface area contributed by atoms with Crippen molar-refractivity contribution in [3.05, 3.63) is 10.5 Å². The minimum Gasteiger partial charge on any atom is -0.391 e. The Morgan fingerprint density at radius 3 is 2.67 bits per heavy atom. The standard InChI is InChI=1S/C8H12O2S.CH4/c1-6-7(10)3-4-11(2)8(6)5-9;/h9H,2-5H2,1H3;1H4. The molecule has 0 spiro atoms. The van der Waals surface area contributed by atoms with Crippen LogP contribution in [0.3, 0.4) is 0 Å². The molecule has 0 aromatic carbocycles. The maximum absolute atomic E-state index is 11.1. The molecule has 0 aromatic heterocycles. The van der Waals surface area contributed by atoms with Crippen LogP contribution in [0.4, 0.5) is 0 Å². The molecular formula is C9H16O2S. The highest BCUT2D eigenvalue weighted by Crippen LogP contribution is 2.31. The van der Waals surface area contributed by atoms with E-state index in [1.807, 2.05) is 0 Å². The minimum absolute atomic E-state index is 0. The number of allylic oxidation sites excluding steroid dienone is 1. The molecule has 0 aliphatic carbocycles. The van der Waals surface area contributed by atoms with Gasteiger partial charge in [0.05, 0.1) is 6.61 Å². The summed E-state index contributed by atoms with van der Waals surface area (Å²) in [5.41, 5.74) is 0.733. The number of aliphatic hydroxyl groups excluding tert-OH is 1. The summed E-state index contributed by atoms with van der Waals surface area (Å²) >= 11 is 0. The molecule has 0 saturated carbocycles. The second-order valence-electron chi connectivity index (χ2n) is 2.58. The third kappa shape index (κ3) is 2.05. The molecule has 0 bridgehead atoms. The fourth-order valence-corrected chi connectivity index (χ4v) is 2.52. The number of Topliss-reactive ketones (excluding diaryl/α,β-unsaturated/α-hetero) is 1. The van der Waals surface area contributed by atoms with Crippen molar-refractivity contribution in [1.82, 2.24) is 0 Å². The fraction of sp³-hybridized carbons (Fsp3) is 0.556. The zero-order valence-electron chi connectivity index (χ0n) is 6.59. The van der Waals surface area contributed by atoms with Crippen molar-refractivity contribution in [3.63, 3.8) is 0 Å². The van der Waals surface area contributed by atoms with E-state index < -0.39 is 0 Å². The number of hydrogen-bond donors (Lipinski definition) is 1. The van der Waals surface area contributed by atoms with E-state index >= 15 is 0 Å². The Labute approximate surface area is 76.2 Å². The van der Waals surface area contributed by atoms with Crippen LogP contribution in [-0.4, -0.2) is 29.1 Å². The molecule has 0 radical (unpaired) electrons. The summed E-state index contributed by atoms with van der Waals surface area (Å²) in [5.74, 6) is 4.87. The van der Waals surface area contributed by atoms with E-state index in [1.54, 1.807) is 6.92 Å². The Balaban J connectivity index is 0.00000121. The first-order valence-electron chi connectivity index (χ1n) is 3.51. The van der Waals surface area contributed by atoms with Crippen molar-refractivity contribution in [1.29, 1.82) is 0 Å². The topological polar surface area (TPSA) is 37.3 Å². The summed E-state index contributed by atoms with van der Waals surface area (Å²) in [6.45, 7) is 1.77. The van der Waals surface area contributed by atoms with Crippen LogP contribution in [-0.2, 0) is 4.79 Å². The van der Waals surface area contributed by atoms with Crippen LogP contribution in [0.25, 0.3) is 0 Å². The first-order valence-corrected chi connectivity index (χ1v) is 5.07. The van der Waals surface area contributed by atoms with Gasteiger partial charge in [-0.1, -0.05) is 13.3 Å². The normalized spacial score (nSPS) is 23.8. The highest BCUT2D eigenvalue weighted by molar-refractivity contribution is 8.17. The predicted octanol–water partition coefficient (Wildman–Crippen LogP) is 1.56. The maximum Gasteiger partial charge on any atom is 0.160 e. The molecule has 1 N–H and O–H groups in total. The van der Waals surface area contributed by atoms with Crippen molar-refractivity contribution in [3.8, 4) is 0 Å². The Kier molecular flexibility index (Phi) is 4.42. The molecule has 1 heterocycles. The molecule has 3 heteroatoms. The Morgan fingerprint density at radius 2 is 2.25 bits per heavy atom. The van der Waals surface area contributed by atoms with Crippen molar-refractivity contribution in [2.75, 3.05) is 12.4 Å². The average molecular weight is 188 g/mol. The van der Waals surface area contributed by atoms with E-state index in [-0.39, 0.29) is 30.3 Å². The summed E-state index contributed by atoms with van der Waals surface area (Å²) in [7, 11) is -0.120. The second-order valence-corrected chi connectivity index (χ2v) is 4.46. The van der Waals surface area contributed by atoms with Crippen LogP contribution in [0.2, 0.25) is 0 Å². The lowest BCUT2D eigenvalue weighted by atomic mass is 10.1. The summed E-state index contributed by atoms with van der Waals surface area (Å²) in [4.78, 5) is 12.0. The zero-order chi connectivity index (χ0) is 8.43.